The predicted molar refractivity (Wildman–Crippen MR) is 41.7 cm³/mol. The van der Waals surface area contributed by atoms with Crippen LogP contribution in [0.3, 0.4) is 0 Å². The Labute approximate surface area is 67.7 Å². The van der Waals surface area contributed by atoms with Crippen molar-refractivity contribution in [3.05, 3.63) is 42.1 Å². The van der Waals surface area contributed by atoms with E-state index in [4.69, 9.17) is 0 Å². The van der Waals surface area contributed by atoms with Crippen LogP contribution in [0.5, 0.6) is 0 Å². The number of pyridine rings is 1. The van der Waals surface area contributed by atoms with Gasteiger partial charge in [-0.15, -0.1) is 0 Å². The normalized spacial score (nSPS) is 10.5. The van der Waals surface area contributed by atoms with E-state index in [2.05, 4.69) is 4.98 Å². The van der Waals surface area contributed by atoms with Crippen LogP contribution in [0.4, 0.5) is 8.78 Å². The summed E-state index contributed by atoms with van der Waals surface area (Å²) in [6.07, 6.45) is 0. The molecule has 0 unspecified atom stereocenters. The van der Waals surface area contributed by atoms with Crippen molar-refractivity contribution in [2.75, 3.05) is 0 Å². The Morgan fingerprint density at radius 3 is 2.67 bits per heavy atom. The van der Waals surface area contributed by atoms with Gasteiger partial charge >= 0.3 is 0 Å². The number of hydrogen-bond donors (Lipinski definition) is 0. The molecule has 0 radical (unpaired) electrons. The van der Waals surface area contributed by atoms with Gasteiger partial charge in [-0.1, -0.05) is 18.2 Å². The quantitative estimate of drug-likeness (QED) is 0.546. The molecule has 0 aliphatic heterocycles. The summed E-state index contributed by atoms with van der Waals surface area (Å²) in [5, 5.41) is 0.608. The number of hydrogen-bond acceptors (Lipinski definition) is 1. The fourth-order valence-electron chi connectivity index (χ4n) is 1.07. The summed E-state index contributed by atoms with van der Waals surface area (Å²) in [7, 11) is 0. The first kappa shape index (κ1) is 7.16. The molecule has 0 aliphatic rings. The molecule has 1 nitrogen and oxygen atoms in total. The van der Waals surface area contributed by atoms with E-state index < -0.39 is 11.8 Å². The van der Waals surface area contributed by atoms with E-state index in [-0.39, 0.29) is 0 Å². The van der Waals surface area contributed by atoms with Crippen LogP contribution in [0.25, 0.3) is 10.9 Å². The Bertz CT molecular complexity index is 385. The number of nitrogens with zero attached hydrogens (tertiary/aromatic N) is 1. The van der Waals surface area contributed by atoms with E-state index in [1.54, 1.807) is 24.3 Å². The van der Waals surface area contributed by atoms with E-state index in [0.29, 0.717) is 10.9 Å². The molecule has 0 bridgehead atoms. The number of halogens is 2. The molecule has 0 saturated heterocycles. The van der Waals surface area contributed by atoms with Gasteiger partial charge in [0.2, 0.25) is 5.95 Å². The topological polar surface area (TPSA) is 12.9 Å². The minimum atomic E-state index is -1.05. The van der Waals surface area contributed by atoms with Gasteiger partial charge < -0.3 is 0 Å². The fourth-order valence-corrected chi connectivity index (χ4v) is 1.07. The average Bonchev–Trinajstić information content (AvgIpc) is 2.07. The van der Waals surface area contributed by atoms with Crippen LogP contribution in [-0.2, 0) is 0 Å². The molecule has 1 aromatic carbocycles. The summed E-state index contributed by atoms with van der Waals surface area (Å²) in [6.45, 7) is 0. The molecular weight excluding hydrogens is 160 g/mol. The van der Waals surface area contributed by atoms with Crippen LogP contribution in [0, 0.1) is 11.8 Å². The van der Waals surface area contributed by atoms with Crippen molar-refractivity contribution in [3.8, 4) is 0 Å². The lowest BCUT2D eigenvalue weighted by Gasteiger charge is -1.96. The Balaban J connectivity index is 2.84. The number of rotatable bonds is 0. The van der Waals surface area contributed by atoms with Crippen molar-refractivity contribution in [1.82, 2.24) is 4.98 Å². The van der Waals surface area contributed by atoms with Crippen LogP contribution in [-0.4, -0.2) is 4.98 Å². The minimum Gasteiger partial charge on any atom is -0.217 e. The molecule has 0 N–H and O–H groups in total. The molecule has 0 amide bonds. The summed E-state index contributed by atoms with van der Waals surface area (Å²) in [6, 6.07) is 7.94. The van der Waals surface area contributed by atoms with Gasteiger partial charge in [-0.3, -0.25) is 0 Å². The fraction of sp³-hybridized carbons (Fsp3) is 0. The lowest BCUT2D eigenvalue weighted by Crippen LogP contribution is -1.89. The van der Waals surface area contributed by atoms with E-state index >= 15 is 0 Å². The first-order valence-electron chi connectivity index (χ1n) is 3.48. The molecular formula is C9H5F2N. The number of benzene rings is 1. The Morgan fingerprint density at radius 2 is 1.83 bits per heavy atom. The lowest BCUT2D eigenvalue weighted by atomic mass is 10.2. The number of para-hydroxylation sites is 1. The zero-order valence-corrected chi connectivity index (χ0v) is 6.09. The monoisotopic (exact) mass is 165 g/mol. The Kier molecular flexibility index (Phi) is 1.50. The Morgan fingerprint density at radius 1 is 1.08 bits per heavy atom. The average molecular weight is 165 g/mol. The van der Waals surface area contributed by atoms with E-state index in [1.807, 2.05) is 0 Å². The van der Waals surface area contributed by atoms with Crippen LogP contribution < -0.4 is 0 Å². The highest BCUT2D eigenvalue weighted by atomic mass is 19.2. The van der Waals surface area contributed by atoms with Crippen molar-refractivity contribution in [3.63, 3.8) is 0 Å². The van der Waals surface area contributed by atoms with Gasteiger partial charge in [-0.25, -0.2) is 9.37 Å². The van der Waals surface area contributed by atoms with Gasteiger partial charge in [0.25, 0.3) is 0 Å². The maximum atomic E-state index is 12.6. The maximum absolute atomic E-state index is 12.6. The van der Waals surface area contributed by atoms with Crippen molar-refractivity contribution in [2.24, 2.45) is 0 Å². The zero-order valence-electron chi connectivity index (χ0n) is 6.09. The van der Waals surface area contributed by atoms with Gasteiger partial charge in [0.05, 0.1) is 5.52 Å². The minimum absolute atomic E-state index is 0.469. The number of aromatic nitrogens is 1. The molecule has 2 aromatic rings. The van der Waals surface area contributed by atoms with E-state index in [1.165, 1.54) is 0 Å². The Hall–Kier alpha value is -1.51. The second kappa shape index (κ2) is 2.52. The second-order valence-corrected chi connectivity index (χ2v) is 2.45. The molecule has 0 atom stereocenters. The summed E-state index contributed by atoms with van der Waals surface area (Å²) in [5.74, 6) is -1.96. The zero-order chi connectivity index (χ0) is 8.55. The largest absolute Gasteiger partial charge is 0.249 e. The molecule has 1 aromatic heterocycles. The number of fused-ring (bicyclic) bond motifs is 1. The summed E-state index contributed by atoms with van der Waals surface area (Å²) >= 11 is 0. The van der Waals surface area contributed by atoms with Crippen molar-refractivity contribution >= 4 is 10.9 Å². The lowest BCUT2D eigenvalue weighted by molar-refractivity contribution is 0.484. The third-order valence-corrected chi connectivity index (χ3v) is 1.63. The summed E-state index contributed by atoms with van der Waals surface area (Å²) < 4.78 is 25.2. The maximum Gasteiger partial charge on any atom is 0.249 e. The molecule has 60 valence electrons. The SMILES string of the molecule is Fc1cc2ccccc2nc1F. The smallest absolute Gasteiger partial charge is 0.217 e. The van der Waals surface area contributed by atoms with E-state index in [9.17, 15) is 8.78 Å². The highest BCUT2D eigenvalue weighted by Crippen LogP contribution is 2.13. The summed E-state index contributed by atoms with van der Waals surface area (Å²) in [5.41, 5.74) is 0.469. The van der Waals surface area contributed by atoms with Crippen LogP contribution in [0.2, 0.25) is 0 Å². The molecule has 3 heteroatoms. The van der Waals surface area contributed by atoms with Gasteiger partial charge in [0.1, 0.15) is 0 Å². The molecule has 1 heterocycles. The summed E-state index contributed by atoms with van der Waals surface area (Å²) in [4.78, 5) is 3.43. The standard InChI is InChI=1S/C9H5F2N/c10-7-5-6-3-1-2-4-8(6)12-9(7)11/h1-5H. The third kappa shape index (κ3) is 1.03. The van der Waals surface area contributed by atoms with Crippen LogP contribution in [0.1, 0.15) is 0 Å². The van der Waals surface area contributed by atoms with Crippen molar-refractivity contribution in [2.45, 2.75) is 0 Å². The third-order valence-electron chi connectivity index (χ3n) is 1.63. The molecule has 12 heavy (non-hydrogen) atoms. The molecule has 0 aliphatic carbocycles. The first-order valence-corrected chi connectivity index (χ1v) is 3.48. The molecule has 0 spiro atoms. The van der Waals surface area contributed by atoms with Gasteiger partial charge in [-0.05, 0) is 12.1 Å². The highest BCUT2D eigenvalue weighted by Gasteiger charge is 2.03. The van der Waals surface area contributed by atoms with E-state index in [0.717, 1.165) is 6.07 Å². The predicted octanol–water partition coefficient (Wildman–Crippen LogP) is 2.51. The van der Waals surface area contributed by atoms with Crippen LogP contribution >= 0.6 is 0 Å². The molecule has 0 saturated carbocycles. The van der Waals surface area contributed by atoms with Gasteiger partial charge in [-0.2, -0.15) is 4.39 Å². The van der Waals surface area contributed by atoms with Crippen molar-refractivity contribution in [1.29, 1.82) is 0 Å². The molecule has 2 rings (SSSR count). The van der Waals surface area contributed by atoms with Crippen LogP contribution in [0.15, 0.2) is 30.3 Å². The van der Waals surface area contributed by atoms with Gasteiger partial charge in [0.15, 0.2) is 5.82 Å². The van der Waals surface area contributed by atoms with Gasteiger partial charge in [0, 0.05) is 5.39 Å². The molecule has 0 fully saturated rings. The van der Waals surface area contributed by atoms with Crippen molar-refractivity contribution < 1.29 is 8.78 Å². The highest BCUT2D eigenvalue weighted by molar-refractivity contribution is 5.78. The first-order chi connectivity index (χ1) is 5.77. The second-order valence-electron chi connectivity index (χ2n) is 2.45.